The van der Waals surface area contributed by atoms with Crippen molar-refractivity contribution in [1.82, 2.24) is 10.6 Å². The lowest BCUT2D eigenvalue weighted by Gasteiger charge is -2.39. The Hall–Kier alpha value is -0.290. The van der Waals surface area contributed by atoms with E-state index in [0.29, 0.717) is 19.0 Å². The van der Waals surface area contributed by atoms with Gasteiger partial charge in [0.05, 0.1) is 0 Å². The number of rotatable bonds is 6. The second-order valence-electron chi connectivity index (χ2n) is 5.88. The third-order valence-corrected chi connectivity index (χ3v) is 3.74. The molecule has 0 spiro atoms. The highest BCUT2D eigenvalue weighted by atomic mass is 19.4. The summed E-state index contributed by atoms with van der Waals surface area (Å²) in [7, 11) is 0. The maximum Gasteiger partial charge on any atom is 0.389 e. The summed E-state index contributed by atoms with van der Waals surface area (Å²) < 4.78 is 35.8. The minimum absolute atomic E-state index is 0.220. The lowest BCUT2D eigenvalue weighted by molar-refractivity contribution is -0.135. The van der Waals surface area contributed by atoms with Crippen molar-refractivity contribution in [3.8, 4) is 0 Å². The normalized spacial score (nSPS) is 24.2. The second-order valence-corrected chi connectivity index (χ2v) is 5.88. The van der Waals surface area contributed by atoms with Crippen molar-refractivity contribution in [3.63, 3.8) is 0 Å². The fraction of sp³-hybridized carbons (Fsp3) is 1.00. The van der Waals surface area contributed by atoms with Gasteiger partial charge in [-0.3, -0.25) is 0 Å². The molecule has 0 aromatic rings. The molecule has 1 fully saturated rings. The van der Waals surface area contributed by atoms with Gasteiger partial charge in [0.1, 0.15) is 0 Å². The number of hydrogen-bond acceptors (Lipinski definition) is 2. The molecule has 2 N–H and O–H groups in total. The van der Waals surface area contributed by atoms with Crippen LogP contribution in [0.25, 0.3) is 0 Å². The summed E-state index contributed by atoms with van der Waals surface area (Å²) in [5, 5.41) is 6.75. The van der Waals surface area contributed by atoms with Crippen molar-refractivity contribution in [3.05, 3.63) is 0 Å². The molecular formula is C13H25F3N2. The van der Waals surface area contributed by atoms with E-state index in [4.69, 9.17) is 0 Å². The summed E-state index contributed by atoms with van der Waals surface area (Å²) in [5.74, 6) is 0. The van der Waals surface area contributed by atoms with Gasteiger partial charge in [-0.2, -0.15) is 13.2 Å². The van der Waals surface area contributed by atoms with E-state index in [1.807, 2.05) is 0 Å². The summed E-state index contributed by atoms with van der Waals surface area (Å²) in [6.45, 7) is 7.05. The van der Waals surface area contributed by atoms with Crippen LogP contribution in [-0.2, 0) is 0 Å². The number of nitrogens with one attached hydrogen (secondary N) is 2. The molecule has 1 rings (SSSR count). The Bertz CT molecular complexity index is 239. The maximum atomic E-state index is 11.9. The van der Waals surface area contributed by atoms with Gasteiger partial charge in [-0.1, -0.05) is 13.8 Å². The quantitative estimate of drug-likeness (QED) is 0.722. The van der Waals surface area contributed by atoms with Gasteiger partial charge in [0.2, 0.25) is 0 Å². The van der Waals surface area contributed by atoms with Crippen LogP contribution in [0.1, 0.15) is 46.0 Å². The zero-order chi connectivity index (χ0) is 13.6. The SMILES string of the molecule is CC1(C)CCCNC1CNCCCCC(F)(F)F. The molecule has 0 radical (unpaired) electrons. The molecule has 2 nitrogen and oxygen atoms in total. The molecule has 5 heteroatoms. The zero-order valence-electron chi connectivity index (χ0n) is 11.4. The topological polar surface area (TPSA) is 24.1 Å². The molecule has 108 valence electrons. The smallest absolute Gasteiger partial charge is 0.315 e. The molecule has 1 aliphatic heterocycles. The molecule has 1 heterocycles. The molecular weight excluding hydrogens is 241 g/mol. The van der Waals surface area contributed by atoms with Crippen molar-refractivity contribution in [1.29, 1.82) is 0 Å². The average Bonchev–Trinajstić information content (AvgIpc) is 2.23. The summed E-state index contributed by atoms with van der Waals surface area (Å²) in [5.41, 5.74) is 0.275. The molecule has 0 aromatic carbocycles. The Labute approximate surface area is 108 Å². The van der Waals surface area contributed by atoms with Crippen molar-refractivity contribution in [2.24, 2.45) is 5.41 Å². The predicted molar refractivity (Wildman–Crippen MR) is 67.6 cm³/mol. The highest BCUT2D eigenvalue weighted by molar-refractivity contribution is 4.89. The molecule has 0 aliphatic carbocycles. The molecule has 1 unspecified atom stereocenters. The Balaban J connectivity index is 2.07. The first-order chi connectivity index (χ1) is 8.31. The molecule has 0 saturated carbocycles. The van der Waals surface area contributed by atoms with E-state index in [-0.39, 0.29) is 11.8 Å². The number of alkyl halides is 3. The predicted octanol–water partition coefficient (Wildman–Crippen LogP) is 3.09. The van der Waals surface area contributed by atoms with Gasteiger partial charge in [-0.15, -0.1) is 0 Å². The van der Waals surface area contributed by atoms with Crippen LogP contribution in [-0.4, -0.2) is 31.9 Å². The monoisotopic (exact) mass is 266 g/mol. The first-order valence-electron chi connectivity index (χ1n) is 6.82. The van der Waals surface area contributed by atoms with E-state index >= 15 is 0 Å². The van der Waals surface area contributed by atoms with Gasteiger partial charge in [-0.05, 0) is 44.2 Å². The van der Waals surface area contributed by atoms with Crippen LogP contribution in [0.5, 0.6) is 0 Å². The third kappa shape index (κ3) is 6.05. The molecule has 0 bridgehead atoms. The van der Waals surface area contributed by atoms with E-state index < -0.39 is 12.6 Å². The van der Waals surface area contributed by atoms with Crippen LogP contribution < -0.4 is 10.6 Å². The molecule has 1 aliphatic rings. The van der Waals surface area contributed by atoms with Crippen molar-refractivity contribution >= 4 is 0 Å². The fourth-order valence-electron chi connectivity index (χ4n) is 2.44. The zero-order valence-corrected chi connectivity index (χ0v) is 11.4. The summed E-state index contributed by atoms with van der Waals surface area (Å²) in [6.07, 6.45) is -1.45. The molecule has 1 atom stereocenters. The van der Waals surface area contributed by atoms with Gasteiger partial charge in [-0.25, -0.2) is 0 Å². The van der Waals surface area contributed by atoms with E-state index in [1.165, 1.54) is 12.8 Å². The average molecular weight is 266 g/mol. The Kier molecular flexibility index (Phi) is 5.92. The number of piperidine rings is 1. The number of halogens is 3. The lowest BCUT2D eigenvalue weighted by atomic mass is 9.77. The summed E-state index contributed by atoms with van der Waals surface area (Å²) >= 11 is 0. The van der Waals surface area contributed by atoms with Gasteiger partial charge in [0.25, 0.3) is 0 Å². The summed E-state index contributed by atoms with van der Waals surface area (Å²) in [6, 6.07) is 0.425. The van der Waals surface area contributed by atoms with Gasteiger partial charge in [0.15, 0.2) is 0 Å². The Morgan fingerprint density at radius 3 is 2.61 bits per heavy atom. The minimum atomic E-state index is -4.01. The van der Waals surface area contributed by atoms with Crippen LogP contribution in [0, 0.1) is 5.41 Å². The van der Waals surface area contributed by atoms with Crippen molar-refractivity contribution in [2.75, 3.05) is 19.6 Å². The van der Waals surface area contributed by atoms with Crippen molar-refractivity contribution in [2.45, 2.75) is 58.2 Å². The highest BCUT2D eigenvalue weighted by Crippen LogP contribution is 2.29. The minimum Gasteiger partial charge on any atom is -0.315 e. The Morgan fingerprint density at radius 2 is 2.00 bits per heavy atom. The van der Waals surface area contributed by atoms with Crippen LogP contribution in [0.4, 0.5) is 13.2 Å². The number of unbranched alkanes of at least 4 members (excludes halogenated alkanes) is 1. The third-order valence-electron chi connectivity index (χ3n) is 3.74. The largest absolute Gasteiger partial charge is 0.389 e. The van der Waals surface area contributed by atoms with Crippen LogP contribution >= 0.6 is 0 Å². The first kappa shape index (κ1) is 15.8. The van der Waals surface area contributed by atoms with Crippen molar-refractivity contribution < 1.29 is 13.2 Å². The van der Waals surface area contributed by atoms with Gasteiger partial charge < -0.3 is 10.6 Å². The molecule has 1 saturated heterocycles. The second kappa shape index (κ2) is 6.75. The van der Waals surface area contributed by atoms with Crippen LogP contribution in [0.15, 0.2) is 0 Å². The first-order valence-corrected chi connectivity index (χ1v) is 6.82. The number of hydrogen-bond donors (Lipinski definition) is 2. The van der Waals surface area contributed by atoms with E-state index in [2.05, 4.69) is 24.5 Å². The van der Waals surface area contributed by atoms with E-state index in [1.54, 1.807) is 0 Å². The van der Waals surface area contributed by atoms with Gasteiger partial charge >= 0.3 is 6.18 Å². The standard InChI is InChI=1S/C13H25F3N2/c1-12(2)6-5-9-18-11(12)10-17-8-4-3-7-13(14,15)16/h11,17-18H,3-10H2,1-2H3. The summed E-state index contributed by atoms with van der Waals surface area (Å²) in [4.78, 5) is 0. The molecule has 18 heavy (non-hydrogen) atoms. The van der Waals surface area contributed by atoms with Gasteiger partial charge in [0, 0.05) is 19.0 Å². The fourth-order valence-corrected chi connectivity index (χ4v) is 2.44. The van der Waals surface area contributed by atoms with Crippen LogP contribution in [0.2, 0.25) is 0 Å². The Morgan fingerprint density at radius 1 is 1.28 bits per heavy atom. The molecule has 0 aromatic heterocycles. The van der Waals surface area contributed by atoms with E-state index in [0.717, 1.165) is 13.1 Å². The van der Waals surface area contributed by atoms with E-state index in [9.17, 15) is 13.2 Å². The highest BCUT2D eigenvalue weighted by Gasteiger charge is 2.31. The van der Waals surface area contributed by atoms with Crippen LogP contribution in [0.3, 0.4) is 0 Å². The lowest BCUT2D eigenvalue weighted by Crippen LogP contribution is -2.52. The maximum absolute atomic E-state index is 11.9. The molecule has 0 amide bonds.